The highest BCUT2D eigenvalue weighted by Gasteiger charge is 2.35. The number of H-pyrrole nitrogens is 1. The molecule has 192 valence electrons. The van der Waals surface area contributed by atoms with Crippen LogP contribution >= 0.6 is 12.2 Å². The Morgan fingerprint density at radius 2 is 1.67 bits per heavy atom. The number of aromatic nitrogens is 2. The van der Waals surface area contributed by atoms with Gasteiger partial charge in [-0.25, -0.2) is 4.99 Å². The number of carbonyl (C=O) groups excluding carboxylic acids is 2. The van der Waals surface area contributed by atoms with Crippen molar-refractivity contribution < 1.29 is 14.3 Å². The number of isothiocyanates is 1. The number of aromatic amines is 1. The number of fused-ring (bicyclic) bond motifs is 2. The number of ether oxygens (including phenoxy) is 1. The predicted octanol–water partition coefficient (Wildman–Crippen LogP) is 5.76. The Bertz CT molecular complexity index is 1810. The number of para-hydroxylation sites is 1. The minimum atomic E-state index is -0.428. The van der Waals surface area contributed by atoms with E-state index in [0.717, 1.165) is 33.8 Å². The fourth-order valence-corrected chi connectivity index (χ4v) is 5.25. The Hall–Kier alpha value is -4.78. The van der Waals surface area contributed by atoms with Gasteiger partial charge in [-0.15, -0.1) is 0 Å². The van der Waals surface area contributed by atoms with E-state index in [1.165, 1.54) is 0 Å². The summed E-state index contributed by atoms with van der Waals surface area (Å²) < 4.78 is 8.40. The van der Waals surface area contributed by atoms with E-state index >= 15 is 0 Å². The molecule has 0 unspecified atom stereocenters. The van der Waals surface area contributed by atoms with E-state index in [1.807, 2.05) is 79.0 Å². The minimum absolute atomic E-state index is 0.334. The summed E-state index contributed by atoms with van der Waals surface area (Å²) in [5.41, 5.74) is 4.83. The molecule has 5 aromatic rings. The SMILES string of the molecule is O=C1NC(=O)C(c2cn(CCCN=C=S)c3cccc(OCc4ccccc4)c23)=C1c1c[nH]c2ccccc12. The van der Waals surface area contributed by atoms with Crippen molar-refractivity contribution in [3.05, 3.63) is 102 Å². The average molecular weight is 533 g/mol. The molecule has 2 amide bonds. The molecule has 0 saturated carbocycles. The summed E-state index contributed by atoms with van der Waals surface area (Å²) in [5.74, 6) is -0.207. The smallest absolute Gasteiger partial charge is 0.259 e. The van der Waals surface area contributed by atoms with Crippen LogP contribution in [0.1, 0.15) is 23.1 Å². The highest BCUT2D eigenvalue weighted by atomic mass is 32.1. The van der Waals surface area contributed by atoms with Crippen LogP contribution in [0.25, 0.3) is 33.0 Å². The summed E-state index contributed by atoms with van der Waals surface area (Å²) in [7, 11) is 0. The van der Waals surface area contributed by atoms with Crippen molar-refractivity contribution >= 4 is 62.1 Å². The molecule has 0 fully saturated rings. The average Bonchev–Trinajstić information content (AvgIpc) is 3.63. The second kappa shape index (κ2) is 10.5. The van der Waals surface area contributed by atoms with Crippen molar-refractivity contribution in [3.8, 4) is 5.75 Å². The van der Waals surface area contributed by atoms with Gasteiger partial charge < -0.3 is 14.3 Å². The van der Waals surface area contributed by atoms with Gasteiger partial charge in [-0.2, -0.15) is 0 Å². The third-order valence-electron chi connectivity index (χ3n) is 6.90. The van der Waals surface area contributed by atoms with E-state index in [1.54, 1.807) is 6.20 Å². The lowest BCUT2D eigenvalue weighted by Gasteiger charge is -2.10. The Balaban J connectivity index is 1.54. The maximum absolute atomic E-state index is 13.4. The summed E-state index contributed by atoms with van der Waals surface area (Å²) in [6.45, 7) is 1.56. The van der Waals surface area contributed by atoms with Gasteiger partial charge in [-0.05, 0) is 42.4 Å². The van der Waals surface area contributed by atoms with Crippen molar-refractivity contribution in [2.45, 2.75) is 19.6 Å². The molecule has 1 aliphatic heterocycles. The molecule has 8 heteroatoms. The molecule has 1 aliphatic rings. The molecule has 0 aliphatic carbocycles. The van der Waals surface area contributed by atoms with Gasteiger partial charge in [0, 0.05) is 46.4 Å². The molecule has 39 heavy (non-hydrogen) atoms. The van der Waals surface area contributed by atoms with Gasteiger partial charge in [-0.3, -0.25) is 14.9 Å². The number of thiocarbonyl (C=S) groups is 1. The number of aliphatic imine (C=N–C) groups is 1. The summed E-state index contributed by atoms with van der Waals surface area (Å²) in [6, 6.07) is 23.5. The number of hydrogen-bond acceptors (Lipinski definition) is 5. The first-order chi connectivity index (χ1) is 19.2. The van der Waals surface area contributed by atoms with Gasteiger partial charge in [0.25, 0.3) is 11.8 Å². The first-order valence-electron chi connectivity index (χ1n) is 12.6. The van der Waals surface area contributed by atoms with Crippen molar-refractivity contribution in [3.63, 3.8) is 0 Å². The van der Waals surface area contributed by atoms with Crippen LogP contribution < -0.4 is 10.1 Å². The van der Waals surface area contributed by atoms with Crippen molar-refractivity contribution in [1.29, 1.82) is 0 Å². The van der Waals surface area contributed by atoms with E-state index in [4.69, 9.17) is 17.0 Å². The van der Waals surface area contributed by atoms with Crippen LogP contribution in [0.3, 0.4) is 0 Å². The lowest BCUT2D eigenvalue weighted by atomic mass is 9.95. The number of nitrogens with one attached hydrogen (secondary N) is 2. The van der Waals surface area contributed by atoms with E-state index in [-0.39, 0.29) is 0 Å². The Kier molecular flexibility index (Phi) is 6.63. The number of amides is 2. The van der Waals surface area contributed by atoms with Crippen LogP contribution in [0.5, 0.6) is 5.75 Å². The largest absolute Gasteiger partial charge is 0.488 e. The first kappa shape index (κ1) is 24.6. The zero-order chi connectivity index (χ0) is 26.8. The lowest BCUT2D eigenvalue weighted by Crippen LogP contribution is -2.22. The Labute approximate surface area is 229 Å². The van der Waals surface area contributed by atoms with Gasteiger partial charge >= 0.3 is 0 Å². The number of carbonyl (C=O) groups is 2. The fraction of sp³-hybridized carbons (Fsp3) is 0.129. The molecule has 0 spiro atoms. The van der Waals surface area contributed by atoms with Crippen LogP contribution in [0.15, 0.2) is 90.2 Å². The molecule has 3 heterocycles. The highest BCUT2D eigenvalue weighted by Crippen LogP contribution is 2.41. The summed E-state index contributed by atoms with van der Waals surface area (Å²) in [5, 5.41) is 6.59. The fourth-order valence-electron chi connectivity index (χ4n) is 5.16. The van der Waals surface area contributed by atoms with E-state index in [9.17, 15) is 9.59 Å². The molecule has 0 atom stereocenters. The molecular weight excluding hydrogens is 508 g/mol. The summed E-state index contributed by atoms with van der Waals surface area (Å²) >= 11 is 4.71. The highest BCUT2D eigenvalue weighted by molar-refractivity contribution is 7.78. The normalized spacial score (nSPS) is 13.2. The molecule has 0 bridgehead atoms. The van der Waals surface area contributed by atoms with Gasteiger partial charge in [0.2, 0.25) is 0 Å². The Morgan fingerprint density at radius 3 is 2.49 bits per heavy atom. The number of aryl methyl sites for hydroxylation is 1. The van der Waals surface area contributed by atoms with Crippen LogP contribution in [-0.2, 0) is 22.7 Å². The summed E-state index contributed by atoms with van der Waals surface area (Å²) in [4.78, 5) is 33.9. The maximum Gasteiger partial charge on any atom is 0.259 e. The van der Waals surface area contributed by atoms with Crippen molar-refractivity contribution in [2.75, 3.05) is 6.54 Å². The van der Waals surface area contributed by atoms with E-state index < -0.39 is 11.8 Å². The maximum atomic E-state index is 13.4. The third kappa shape index (κ3) is 4.56. The standard InChI is InChI=1S/C31H24N4O3S/c36-30-28(22-16-33-24-11-5-4-10-21(22)24)29(31(37)34-30)23-17-35(15-7-14-32-19-39)25-12-6-13-26(27(23)25)38-18-20-8-2-1-3-9-20/h1-6,8-13,16-17,33H,7,14-15,18H2,(H,34,36,37). The van der Waals surface area contributed by atoms with Crippen molar-refractivity contribution in [2.24, 2.45) is 4.99 Å². The van der Waals surface area contributed by atoms with Crippen molar-refractivity contribution in [1.82, 2.24) is 14.9 Å². The second-order valence-electron chi connectivity index (χ2n) is 9.27. The molecular formula is C31H24N4O3S. The number of imide groups is 1. The molecule has 0 saturated heterocycles. The minimum Gasteiger partial charge on any atom is -0.488 e. The molecule has 2 aromatic heterocycles. The van der Waals surface area contributed by atoms with E-state index in [2.05, 4.69) is 25.0 Å². The third-order valence-corrected chi connectivity index (χ3v) is 7.03. The zero-order valence-corrected chi connectivity index (χ0v) is 21.8. The number of rotatable bonds is 9. The van der Waals surface area contributed by atoms with E-state index in [0.29, 0.717) is 47.7 Å². The molecule has 6 rings (SSSR count). The first-order valence-corrected chi connectivity index (χ1v) is 13.1. The summed E-state index contributed by atoms with van der Waals surface area (Å²) in [6.07, 6.45) is 4.46. The molecule has 2 N–H and O–H groups in total. The van der Waals surface area contributed by atoms with Crippen LogP contribution in [0.2, 0.25) is 0 Å². The van der Waals surface area contributed by atoms with Gasteiger partial charge in [0.15, 0.2) is 0 Å². The topological polar surface area (TPSA) is 88.5 Å². The Morgan fingerprint density at radius 1 is 0.897 bits per heavy atom. The van der Waals surface area contributed by atoms with Crippen LogP contribution in [0.4, 0.5) is 0 Å². The zero-order valence-electron chi connectivity index (χ0n) is 20.9. The second-order valence-corrected chi connectivity index (χ2v) is 9.45. The number of benzene rings is 3. The van der Waals surface area contributed by atoms with Gasteiger partial charge in [0.05, 0.1) is 28.4 Å². The number of nitrogens with zero attached hydrogens (tertiary/aromatic N) is 2. The lowest BCUT2D eigenvalue weighted by molar-refractivity contribution is -0.122. The molecule has 0 radical (unpaired) electrons. The quantitative estimate of drug-likeness (QED) is 0.109. The van der Waals surface area contributed by atoms with Gasteiger partial charge in [0.1, 0.15) is 12.4 Å². The van der Waals surface area contributed by atoms with Gasteiger partial charge in [-0.1, -0.05) is 54.6 Å². The number of hydrogen-bond donors (Lipinski definition) is 2. The predicted molar refractivity (Wildman–Crippen MR) is 155 cm³/mol. The monoisotopic (exact) mass is 532 g/mol. The molecule has 7 nitrogen and oxygen atoms in total. The van der Waals surface area contributed by atoms with Crippen LogP contribution in [0, 0.1) is 0 Å². The molecule has 3 aromatic carbocycles. The van der Waals surface area contributed by atoms with Crippen LogP contribution in [-0.4, -0.2) is 33.1 Å².